The van der Waals surface area contributed by atoms with Crippen molar-refractivity contribution in [2.45, 2.75) is 26.3 Å². The Hall–Kier alpha value is -1.51. The molecule has 1 rings (SSSR count). The molecule has 0 aliphatic carbocycles. The third kappa shape index (κ3) is 2.75. The Balaban J connectivity index is 3.00. The van der Waals surface area contributed by atoms with Gasteiger partial charge >= 0.3 is 0 Å². The van der Waals surface area contributed by atoms with Crippen LogP contribution in [0.15, 0.2) is 24.3 Å². The van der Waals surface area contributed by atoms with Gasteiger partial charge in [0.25, 0.3) is 0 Å². The number of carbonyl (C=O) groups excluding carboxylic acids is 1. The summed E-state index contributed by atoms with van der Waals surface area (Å²) >= 11 is 0. The summed E-state index contributed by atoms with van der Waals surface area (Å²) in [6, 6.07) is 7.96. The molecule has 0 radical (unpaired) electrons. The molecule has 0 aromatic heterocycles. The van der Waals surface area contributed by atoms with Crippen molar-refractivity contribution in [3.8, 4) is 0 Å². The molecule has 1 aromatic rings. The maximum atomic E-state index is 11.1. The predicted molar refractivity (Wildman–Crippen MR) is 69.1 cm³/mol. The van der Waals surface area contributed by atoms with E-state index in [4.69, 9.17) is 0 Å². The van der Waals surface area contributed by atoms with Crippen molar-refractivity contribution in [3.63, 3.8) is 0 Å². The summed E-state index contributed by atoms with van der Waals surface area (Å²) in [7, 11) is 3.99. The molecule has 0 spiro atoms. The van der Waals surface area contributed by atoms with Gasteiger partial charge in [0, 0.05) is 31.0 Å². The van der Waals surface area contributed by atoms with Crippen molar-refractivity contribution >= 4 is 17.8 Å². The van der Waals surface area contributed by atoms with E-state index in [-0.39, 0.29) is 5.54 Å². The van der Waals surface area contributed by atoms with Gasteiger partial charge in [0.05, 0.1) is 0 Å². The molecule has 0 fully saturated rings. The SMILES string of the molecule is CN(C)c1ccc(N(C=O)C(C)(C)C)cc1. The van der Waals surface area contributed by atoms with E-state index in [0.717, 1.165) is 17.8 Å². The van der Waals surface area contributed by atoms with E-state index in [0.29, 0.717) is 0 Å². The number of nitrogens with zero attached hydrogens (tertiary/aromatic N) is 2. The lowest BCUT2D eigenvalue weighted by atomic mass is 10.1. The first-order valence-electron chi connectivity index (χ1n) is 5.38. The van der Waals surface area contributed by atoms with E-state index in [9.17, 15) is 4.79 Å². The van der Waals surface area contributed by atoms with Gasteiger partial charge < -0.3 is 9.80 Å². The average molecular weight is 220 g/mol. The number of hydrogen-bond donors (Lipinski definition) is 0. The van der Waals surface area contributed by atoms with Gasteiger partial charge in [0.15, 0.2) is 0 Å². The first-order chi connectivity index (χ1) is 7.36. The second-order valence-corrected chi connectivity index (χ2v) is 5.06. The van der Waals surface area contributed by atoms with Crippen LogP contribution in [0.25, 0.3) is 0 Å². The summed E-state index contributed by atoms with van der Waals surface area (Å²) in [6.45, 7) is 6.05. The second kappa shape index (κ2) is 4.56. The maximum Gasteiger partial charge on any atom is 0.214 e. The summed E-state index contributed by atoms with van der Waals surface area (Å²) in [5.74, 6) is 0. The van der Waals surface area contributed by atoms with E-state index in [2.05, 4.69) is 0 Å². The summed E-state index contributed by atoms with van der Waals surface area (Å²) < 4.78 is 0. The van der Waals surface area contributed by atoms with Crippen molar-refractivity contribution in [1.29, 1.82) is 0 Å². The van der Waals surface area contributed by atoms with Crippen LogP contribution in [0, 0.1) is 0 Å². The molecule has 0 N–H and O–H groups in total. The second-order valence-electron chi connectivity index (χ2n) is 5.06. The van der Waals surface area contributed by atoms with Crippen molar-refractivity contribution in [3.05, 3.63) is 24.3 Å². The number of hydrogen-bond acceptors (Lipinski definition) is 2. The third-order valence-electron chi connectivity index (χ3n) is 2.47. The standard InChI is InChI=1S/C13H20N2O/c1-13(2,3)15(10-16)12-8-6-11(7-9-12)14(4)5/h6-10H,1-5H3. The van der Waals surface area contributed by atoms with E-state index in [1.54, 1.807) is 4.90 Å². The van der Waals surface area contributed by atoms with Crippen molar-refractivity contribution < 1.29 is 4.79 Å². The number of anilines is 2. The van der Waals surface area contributed by atoms with Crippen LogP contribution >= 0.6 is 0 Å². The van der Waals surface area contributed by atoms with Crippen LogP contribution in [0.2, 0.25) is 0 Å². The largest absolute Gasteiger partial charge is 0.378 e. The molecule has 0 bridgehead atoms. The molecule has 16 heavy (non-hydrogen) atoms. The molecule has 3 nitrogen and oxygen atoms in total. The van der Waals surface area contributed by atoms with Gasteiger partial charge in [-0.05, 0) is 45.0 Å². The molecule has 0 saturated carbocycles. The predicted octanol–water partition coefficient (Wildman–Crippen LogP) is 2.51. The van der Waals surface area contributed by atoms with Gasteiger partial charge in [0.2, 0.25) is 6.41 Å². The molecule has 0 saturated heterocycles. The lowest BCUT2D eigenvalue weighted by Gasteiger charge is -2.32. The Bertz CT molecular complexity index is 349. The fraction of sp³-hybridized carbons (Fsp3) is 0.462. The Labute approximate surface area is 97.7 Å². The van der Waals surface area contributed by atoms with E-state index < -0.39 is 0 Å². The van der Waals surface area contributed by atoms with Crippen LogP contribution in [0.1, 0.15) is 20.8 Å². The summed E-state index contributed by atoms with van der Waals surface area (Å²) in [6.07, 6.45) is 0.880. The minimum absolute atomic E-state index is 0.193. The van der Waals surface area contributed by atoms with Crippen LogP contribution in [0.4, 0.5) is 11.4 Å². The normalized spacial score (nSPS) is 11.1. The lowest BCUT2D eigenvalue weighted by molar-refractivity contribution is -0.108. The zero-order valence-electron chi connectivity index (χ0n) is 10.7. The van der Waals surface area contributed by atoms with Crippen LogP contribution < -0.4 is 9.80 Å². The van der Waals surface area contributed by atoms with Gasteiger partial charge in [-0.15, -0.1) is 0 Å². The molecular weight excluding hydrogens is 200 g/mol. The zero-order chi connectivity index (χ0) is 12.3. The first-order valence-corrected chi connectivity index (χ1v) is 5.38. The highest BCUT2D eigenvalue weighted by Crippen LogP contribution is 2.24. The van der Waals surface area contributed by atoms with E-state index >= 15 is 0 Å². The van der Waals surface area contributed by atoms with E-state index in [1.807, 2.05) is 64.0 Å². The highest BCUT2D eigenvalue weighted by molar-refractivity contribution is 5.77. The number of rotatable bonds is 3. The summed E-state index contributed by atoms with van der Waals surface area (Å²) in [5.41, 5.74) is 1.86. The van der Waals surface area contributed by atoms with Crippen LogP contribution in [0.5, 0.6) is 0 Å². The third-order valence-corrected chi connectivity index (χ3v) is 2.47. The molecule has 0 unspecified atom stereocenters. The topological polar surface area (TPSA) is 23.6 Å². The van der Waals surface area contributed by atoms with Gasteiger partial charge in [0.1, 0.15) is 0 Å². The molecular formula is C13H20N2O. The Kier molecular flexibility index (Phi) is 3.58. The van der Waals surface area contributed by atoms with Crippen molar-refractivity contribution in [2.75, 3.05) is 23.9 Å². The van der Waals surface area contributed by atoms with Crippen LogP contribution in [0.3, 0.4) is 0 Å². The molecule has 1 aromatic carbocycles. The Morgan fingerprint density at radius 1 is 1.00 bits per heavy atom. The first kappa shape index (κ1) is 12.6. The number of benzene rings is 1. The molecule has 0 aliphatic rings. The van der Waals surface area contributed by atoms with Gasteiger partial charge in [-0.25, -0.2) is 0 Å². The van der Waals surface area contributed by atoms with Crippen LogP contribution in [-0.2, 0) is 4.79 Å². The minimum Gasteiger partial charge on any atom is -0.378 e. The molecule has 0 heterocycles. The summed E-state index contributed by atoms with van der Waals surface area (Å²) in [5, 5.41) is 0. The molecule has 0 aliphatic heterocycles. The molecule has 88 valence electrons. The molecule has 0 atom stereocenters. The van der Waals surface area contributed by atoms with Crippen LogP contribution in [-0.4, -0.2) is 26.0 Å². The van der Waals surface area contributed by atoms with E-state index in [1.165, 1.54) is 0 Å². The average Bonchev–Trinajstić information content (AvgIpc) is 2.17. The highest BCUT2D eigenvalue weighted by atomic mass is 16.1. The minimum atomic E-state index is -0.193. The zero-order valence-corrected chi connectivity index (χ0v) is 10.7. The van der Waals surface area contributed by atoms with Crippen molar-refractivity contribution in [2.24, 2.45) is 0 Å². The quantitative estimate of drug-likeness (QED) is 0.731. The highest BCUT2D eigenvalue weighted by Gasteiger charge is 2.20. The van der Waals surface area contributed by atoms with Gasteiger partial charge in [-0.3, -0.25) is 4.79 Å². The van der Waals surface area contributed by atoms with Crippen molar-refractivity contribution in [1.82, 2.24) is 0 Å². The Morgan fingerprint density at radius 2 is 1.44 bits per heavy atom. The number of amides is 1. The lowest BCUT2D eigenvalue weighted by Crippen LogP contribution is -2.40. The summed E-state index contributed by atoms with van der Waals surface area (Å²) in [4.78, 5) is 14.8. The smallest absolute Gasteiger partial charge is 0.214 e. The van der Waals surface area contributed by atoms with Gasteiger partial charge in [-0.1, -0.05) is 0 Å². The molecule has 1 amide bonds. The Morgan fingerprint density at radius 3 is 1.75 bits per heavy atom. The fourth-order valence-corrected chi connectivity index (χ4v) is 1.52. The monoisotopic (exact) mass is 220 g/mol. The number of carbonyl (C=O) groups is 1. The molecule has 3 heteroatoms. The maximum absolute atomic E-state index is 11.1. The van der Waals surface area contributed by atoms with Gasteiger partial charge in [-0.2, -0.15) is 0 Å². The fourth-order valence-electron chi connectivity index (χ4n) is 1.52.